The van der Waals surface area contributed by atoms with Crippen molar-refractivity contribution in [3.05, 3.63) is 27.5 Å². The predicted molar refractivity (Wildman–Crippen MR) is 71.5 cm³/mol. The molecule has 9 nitrogen and oxygen atoms in total. The zero-order valence-corrected chi connectivity index (χ0v) is 11.5. The first-order valence-electron chi connectivity index (χ1n) is 6.21. The summed E-state index contributed by atoms with van der Waals surface area (Å²) in [4.78, 5) is 22.8. The summed E-state index contributed by atoms with van der Waals surface area (Å²) in [5.74, 6) is 1.23. The van der Waals surface area contributed by atoms with E-state index in [4.69, 9.17) is 5.73 Å². The summed E-state index contributed by atoms with van der Waals surface area (Å²) in [5, 5.41) is 15.5. The van der Waals surface area contributed by atoms with Crippen molar-refractivity contribution < 1.29 is 4.92 Å². The Morgan fingerprint density at radius 2 is 1.95 bits per heavy atom. The summed E-state index contributed by atoms with van der Waals surface area (Å²) < 4.78 is 1.38. The third-order valence-electron chi connectivity index (χ3n) is 2.79. The molecule has 0 atom stereocenters. The Balaban J connectivity index is 2.74. The number of aryl methyl sites for hydroxylation is 3. The predicted octanol–water partition coefficient (Wildman–Crippen LogP) is 0.981. The second kappa shape index (κ2) is 5.19. The first-order valence-corrected chi connectivity index (χ1v) is 6.21. The van der Waals surface area contributed by atoms with E-state index in [0.717, 1.165) is 0 Å². The van der Waals surface area contributed by atoms with Crippen molar-refractivity contribution in [3.8, 4) is 5.82 Å². The molecular weight excluding hydrogens is 262 g/mol. The summed E-state index contributed by atoms with van der Waals surface area (Å²) in [6, 6.07) is 0. The maximum Gasteiger partial charge on any atom is 0.334 e. The van der Waals surface area contributed by atoms with Crippen LogP contribution in [0.4, 0.5) is 11.6 Å². The van der Waals surface area contributed by atoms with Gasteiger partial charge in [-0.25, -0.2) is 9.97 Å². The molecule has 0 spiro atoms. The van der Waals surface area contributed by atoms with Gasteiger partial charge in [0.05, 0.1) is 4.92 Å². The SMILES string of the molecule is CCc1nc(CC)n(-c2nc(N)nc(C)c2[N+](=O)[O-])n1. The van der Waals surface area contributed by atoms with Crippen molar-refractivity contribution in [2.24, 2.45) is 0 Å². The van der Waals surface area contributed by atoms with Gasteiger partial charge in [0.15, 0.2) is 5.82 Å². The van der Waals surface area contributed by atoms with Crippen molar-refractivity contribution in [1.82, 2.24) is 24.7 Å². The Morgan fingerprint density at radius 3 is 2.50 bits per heavy atom. The molecule has 0 bridgehead atoms. The molecule has 0 saturated carbocycles. The number of nitro groups is 1. The number of rotatable bonds is 4. The molecule has 0 aliphatic heterocycles. The molecule has 20 heavy (non-hydrogen) atoms. The molecule has 0 fully saturated rings. The molecule has 0 aliphatic rings. The highest BCUT2D eigenvalue weighted by Crippen LogP contribution is 2.25. The highest BCUT2D eigenvalue weighted by Gasteiger charge is 2.25. The standard InChI is InChI=1S/C11H15N7O2/c1-4-7-14-8(5-2)17(16-7)10-9(18(19)20)6(3)13-11(12)15-10/h4-5H2,1-3H3,(H2,12,13,15). The largest absolute Gasteiger partial charge is 0.368 e. The average Bonchev–Trinajstić information content (AvgIpc) is 2.80. The average molecular weight is 277 g/mol. The van der Waals surface area contributed by atoms with E-state index in [0.29, 0.717) is 24.5 Å². The van der Waals surface area contributed by atoms with Crippen LogP contribution >= 0.6 is 0 Å². The lowest BCUT2D eigenvalue weighted by Gasteiger charge is -2.06. The molecule has 0 unspecified atom stereocenters. The number of anilines is 1. The lowest BCUT2D eigenvalue weighted by Crippen LogP contribution is -2.12. The van der Waals surface area contributed by atoms with Gasteiger partial charge in [-0.15, -0.1) is 5.10 Å². The van der Waals surface area contributed by atoms with Gasteiger partial charge in [-0.2, -0.15) is 9.67 Å². The molecule has 2 rings (SSSR count). The third kappa shape index (κ3) is 2.29. The molecule has 0 aliphatic carbocycles. The Morgan fingerprint density at radius 1 is 1.25 bits per heavy atom. The fraction of sp³-hybridized carbons (Fsp3) is 0.455. The third-order valence-corrected chi connectivity index (χ3v) is 2.79. The molecule has 9 heteroatoms. The number of aromatic nitrogens is 5. The maximum absolute atomic E-state index is 11.2. The number of nitrogens with two attached hydrogens (primary N) is 1. The zero-order valence-electron chi connectivity index (χ0n) is 11.5. The fourth-order valence-corrected chi connectivity index (χ4v) is 1.87. The van der Waals surface area contributed by atoms with Crippen molar-refractivity contribution in [1.29, 1.82) is 0 Å². The summed E-state index contributed by atoms with van der Waals surface area (Å²) >= 11 is 0. The molecule has 2 heterocycles. The van der Waals surface area contributed by atoms with Crippen LogP contribution in [-0.4, -0.2) is 29.7 Å². The number of nitrogens with zero attached hydrogens (tertiary/aromatic N) is 6. The second-order valence-corrected chi connectivity index (χ2v) is 4.16. The number of hydrogen-bond donors (Lipinski definition) is 1. The van der Waals surface area contributed by atoms with Crippen molar-refractivity contribution in [2.75, 3.05) is 5.73 Å². The van der Waals surface area contributed by atoms with Crippen molar-refractivity contribution in [3.63, 3.8) is 0 Å². The minimum Gasteiger partial charge on any atom is -0.368 e. The molecule has 0 saturated heterocycles. The fourth-order valence-electron chi connectivity index (χ4n) is 1.87. The Hall–Kier alpha value is -2.58. The smallest absolute Gasteiger partial charge is 0.334 e. The topological polar surface area (TPSA) is 126 Å². The molecule has 2 aromatic heterocycles. The maximum atomic E-state index is 11.2. The first-order chi connectivity index (χ1) is 9.47. The summed E-state index contributed by atoms with van der Waals surface area (Å²) in [7, 11) is 0. The van der Waals surface area contributed by atoms with Crippen LogP contribution in [-0.2, 0) is 12.8 Å². The van der Waals surface area contributed by atoms with Crippen LogP contribution in [0.5, 0.6) is 0 Å². The van der Waals surface area contributed by atoms with E-state index in [9.17, 15) is 10.1 Å². The van der Waals surface area contributed by atoms with E-state index in [-0.39, 0.29) is 23.1 Å². The highest BCUT2D eigenvalue weighted by molar-refractivity contribution is 5.52. The van der Waals surface area contributed by atoms with Crippen LogP contribution in [0.25, 0.3) is 5.82 Å². The number of hydrogen-bond acceptors (Lipinski definition) is 7. The van der Waals surface area contributed by atoms with Crippen LogP contribution in [0.3, 0.4) is 0 Å². The van der Waals surface area contributed by atoms with Gasteiger partial charge in [-0.3, -0.25) is 10.1 Å². The van der Waals surface area contributed by atoms with Crippen LogP contribution in [0, 0.1) is 17.0 Å². The molecule has 0 amide bonds. The van der Waals surface area contributed by atoms with Gasteiger partial charge in [0, 0.05) is 12.8 Å². The van der Waals surface area contributed by atoms with Crippen LogP contribution in [0.2, 0.25) is 0 Å². The van der Waals surface area contributed by atoms with Gasteiger partial charge in [-0.05, 0) is 6.92 Å². The monoisotopic (exact) mass is 277 g/mol. The van der Waals surface area contributed by atoms with Crippen molar-refractivity contribution >= 4 is 11.6 Å². The first kappa shape index (κ1) is 13.8. The number of nitrogen functional groups attached to an aromatic ring is 1. The Bertz CT molecular complexity index is 665. The van der Waals surface area contributed by atoms with Gasteiger partial charge in [0.2, 0.25) is 11.8 Å². The van der Waals surface area contributed by atoms with E-state index >= 15 is 0 Å². The second-order valence-electron chi connectivity index (χ2n) is 4.16. The summed E-state index contributed by atoms with van der Waals surface area (Å²) in [6.07, 6.45) is 1.21. The minimum atomic E-state index is -0.531. The quantitative estimate of drug-likeness (QED) is 0.652. The highest BCUT2D eigenvalue weighted by atomic mass is 16.6. The van der Waals surface area contributed by atoms with Gasteiger partial charge >= 0.3 is 5.69 Å². The normalized spacial score (nSPS) is 10.8. The molecule has 0 radical (unpaired) electrons. The lowest BCUT2D eigenvalue weighted by atomic mass is 10.3. The zero-order chi connectivity index (χ0) is 14.9. The Labute approximate surface area is 115 Å². The summed E-state index contributed by atoms with van der Waals surface area (Å²) in [6.45, 7) is 5.32. The van der Waals surface area contributed by atoms with E-state index in [2.05, 4.69) is 20.1 Å². The van der Waals surface area contributed by atoms with Crippen molar-refractivity contribution in [2.45, 2.75) is 33.6 Å². The van der Waals surface area contributed by atoms with Crippen LogP contribution in [0.15, 0.2) is 0 Å². The molecule has 0 aromatic carbocycles. The van der Waals surface area contributed by atoms with Gasteiger partial charge in [0.1, 0.15) is 11.5 Å². The summed E-state index contributed by atoms with van der Waals surface area (Å²) in [5.41, 5.74) is 5.59. The van der Waals surface area contributed by atoms with Gasteiger partial charge < -0.3 is 5.73 Å². The van der Waals surface area contributed by atoms with E-state index in [1.54, 1.807) is 0 Å². The van der Waals surface area contributed by atoms with Crippen LogP contribution < -0.4 is 5.73 Å². The molecule has 106 valence electrons. The van der Waals surface area contributed by atoms with Gasteiger partial charge in [0.25, 0.3) is 0 Å². The van der Waals surface area contributed by atoms with Crippen LogP contribution in [0.1, 0.15) is 31.2 Å². The van der Waals surface area contributed by atoms with E-state index in [1.165, 1.54) is 11.6 Å². The lowest BCUT2D eigenvalue weighted by molar-refractivity contribution is -0.385. The molecule has 2 N–H and O–H groups in total. The Kier molecular flexibility index (Phi) is 3.59. The van der Waals surface area contributed by atoms with Gasteiger partial charge in [-0.1, -0.05) is 13.8 Å². The molecular formula is C11H15N7O2. The van der Waals surface area contributed by atoms with E-state index in [1.807, 2.05) is 13.8 Å². The minimum absolute atomic E-state index is 0.0290. The molecule has 2 aromatic rings. The van der Waals surface area contributed by atoms with E-state index < -0.39 is 4.92 Å².